The van der Waals surface area contributed by atoms with Gasteiger partial charge < -0.3 is 4.74 Å². The van der Waals surface area contributed by atoms with Crippen LogP contribution in [0.2, 0.25) is 0 Å². The highest BCUT2D eigenvalue weighted by Gasteiger charge is 2.45. The molecule has 0 bridgehead atoms. The van der Waals surface area contributed by atoms with Crippen molar-refractivity contribution in [3.05, 3.63) is 0 Å². The second-order valence-electron chi connectivity index (χ2n) is 4.19. The van der Waals surface area contributed by atoms with Gasteiger partial charge >= 0.3 is 0 Å². The molecule has 3 nitrogen and oxygen atoms in total. The lowest BCUT2D eigenvalue weighted by Gasteiger charge is -2.27. The number of nitrogens with zero attached hydrogens (tertiary/aromatic N) is 1. The Morgan fingerprint density at radius 3 is 2.69 bits per heavy atom. The molecule has 1 fully saturated rings. The second kappa shape index (κ2) is 6.12. The monoisotopic (exact) mass is 232 g/mol. The van der Waals surface area contributed by atoms with Crippen LogP contribution in [0.25, 0.3) is 0 Å². The molecule has 1 saturated carbocycles. The van der Waals surface area contributed by atoms with Crippen molar-refractivity contribution in [1.82, 2.24) is 5.32 Å². The molecule has 0 aromatic heterocycles. The van der Waals surface area contributed by atoms with Gasteiger partial charge in [0.25, 0.3) is 6.43 Å². The summed E-state index contributed by atoms with van der Waals surface area (Å²) in [5.74, 6) is 0.252. The largest absolute Gasteiger partial charge is 0.372 e. The van der Waals surface area contributed by atoms with E-state index in [0.29, 0.717) is 6.54 Å². The Morgan fingerprint density at radius 2 is 2.25 bits per heavy atom. The van der Waals surface area contributed by atoms with Gasteiger partial charge in [0.05, 0.1) is 12.7 Å². The zero-order valence-electron chi connectivity index (χ0n) is 9.51. The molecule has 0 saturated heterocycles. The summed E-state index contributed by atoms with van der Waals surface area (Å²) in [5.41, 5.74) is -0.759. The van der Waals surface area contributed by atoms with Gasteiger partial charge in [-0.05, 0) is 31.7 Å². The van der Waals surface area contributed by atoms with Crippen molar-refractivity contribution in [2.45, 2.75) is 38.2 Å². The first-order valence-electron chi connectivity index (χ1n) is 5.67. The van der Waals surface area contributed by atoms with Crippen LogP contribution in [0.1, 0.15) is 26.2 Å². The number of ether oxygens (including phenoxy) is 1. The van der Waals surface area contributed by atoms with E-state index in [1.807, 2.05) is 6.92 Å². The molecule has 0 spiro atoms. The van der Waals surface area contributed by atoms with Gasteiger partial charge in [-0.15, -0.1) is 0 Å². The van der Waals surface area contributed by atoms with E-state index in [9.17, 15) is 14.0 Å². The van der Waals surface area contributed by atoms with Crippen LogP contribution in [-0.2, 0) is 4.74 Å². The smallest absolute Gasteiger partial charge is 0.261 e. The van der Waals surface area contributed by atoms with Gasteiger partial charge in [-0.3, -0.25) is 5.32 Å². The Morgan fingerprint density at radius 1 is 1.56 bits per heavy atom. The molecule has 1 N–H and O–H groups in total. The van der Waals surface area contributed by atoms with Gasteiger partial charge in [-0.2, -0.15) is 5.26 Å². The molecule has 0 aromatic rings. The van der Waals surface area contributed by atoms with Crippen molar-refractivity contribution >= 4 is 0 Å². The summed E-state index contributed by atoms with van der Waals surface area (Å²) >= 11 is 0. The topological polar surface area (TPSA) is 45.0 Å². The number of nitrogens with one attached hydrogen (secondary N) is 1. The predicted octanol–water partition coefficient (Wildman–Crippen LogP) is 1.94. The Labute approximate surface area is 94.8 Å². The van der Waals surface area contributed by atoms with Crippen molar-refractivity contribution in [2.75, 3.05) is 19.8 Å². The third-order valence-corrected chi connectivity index (χ3v) is 2.74. The summed E-state index contributed by atoms with van der Waals surface area (Å²) in [6.45, 7) is 2.17. The Bertz CT molecular complexity index is 251. The lowest BCUT2D eigenvalue weighted by molar-refractivity contribution is -0.00258. The van der Waals surface area contributed by atoms with Crippen LogP contribution < -0.4 is 5.32 Å². The Hall–Kier alpha value is -0.730. The molecule has 92 valence electrons. The fraction of sp³-hybridized carbons (Fsp3) is 0.909. The van der Waals surface area contributed by atoms with Crippen molar-refractivity contribution in [2.24, 2.45) is 5.92 Å². The highest BCUT2D eigenvalue weighted by Crippen LogP contribution is 2.39. The maximum Gasteiger partial charge on any atom is 0.261 e. The van der Waals surface area contributed by atoms with E-state index in [1.165, 1.54) is 0 Å². The van der Waals surface area contributed by atoms with E-state index in [2.05, 4.69) is 11.4 Å². The number of alkyl halides is 2. The second-order valence-corrected chi connectivity index (χ2v) is 4.19. The van der Waals surface area contributed by atoms with Gasteiger partial charge in [-0.1, -0.05) is 6.92 Å². The standard InChI is InChI=1S/C11H18F2N2O/c1-2-5-15-11(7-14,9-3-4-9)8-16-6-10(12)13/h9-10,15H,2-6,8H2,1H3. The molecule has 1 atom stereocenters. The molecule has 0 heterocycles. The Balaban J connectivity index is 2.45. The minimum absolute atomic E-state index is 0.0541. The molecule has 0 aromatic carbocycles. The molecule has 1 rings (SSSR count). The van der Waals surface area contributed by atoms with Crippen molar-refractivity contribution in [1.29, 1.82) is 5.26 Å². The zero-order valence-corrected chi connectivity index (χ0v) is 9.51. The first-order chi connectivity index (χ1) is 7.64. The Kier molecular flexibility index (Phi) is 5.10. The molecule has 16 heavy (non-hydrogen) atoms. The average molecular weight is 232 g/mol. The number of hydrogen-bond acceptors (Lipinski definition) is 3. The summed E-state index contributed by atoms with van der Waals surface area (Å²) in [6.07, 6.45) is 0.386. The zero-order chi connectivity index (χ0) is 12.0. The molecule has 1 unspecified atom stereocenters. The summed E-state index contributed by atoms with van der Waals surface area (Å²) < 4.78 is 28.8. The molecule has 5 heteroatoms. The molecular formula is C11H18F2N2O. The maximum atomic E-state index is 12.0. The van der Waals surface area contributed by atoms with Crippen LogP contribution in [0.15, 0.2) is 0 Å². The molecule has 0 aliphatic heterocycles. The first-order valence-corrected chi connectivity index (χ1v) is 5.67. The summed E-state index contributed by atoms with van der Waals surface area (Å²) in [5, 5.41) is 12.3. The molecule has 1 aliphatic carbocycles. The molecule has 0 amide bonds. The SMILES string of the molecule is CCCNC(C#N)(COCC(F)F)C1CC1. The third-order valence-electron chi connectivity index (χ3n) is 2.74. The van der Waals surface area contributed by atoms with Gasteiger partial charge in [0.1, 0.15) is 12.1 Å². The highest BCUT2D eigenvalue weighted by atomic mass is 19.3. The first kappa shape index (κ1) is 13.3. The number of rotatable bonds is 8. The summed E-state index contributed by atoms with van der Waals surface area (Å²) in [4.78, 5) is 0. The molecule has 0 radical (unpaired) electrons. The molecular weight excluding hydrogens is 214 g/mol. The van der Waals surface area contributed by atoms with Crippen LogP contribution >= 0.6 is 0 Å². The van der Waals surface area contributed by atoms with Crippen LogP contribution in [0.3, 0.4) is 0 Å². The molecule has 1 aliphatic rings. The highest BCUT2D eigenvalue weighted by molar-refractivity contribution is 5.15. The van der Waals surface area contributed by atoms with Crippen LogP contribution in [0, 0.1) is 17.2 Å². The fourth-order valence-corrected chi connectivity index (χ4v) is 1.71. The summed E-state index contributed by atoms with van der Waals surface area (Å²) in [6, 6.07) is 2.21. The van der Waals surface area contributed by atoms with E-state index in [4.69, 9.17) is 4.74 Å². The van der Waals surface area contributed by atoms with Crippen molar-refractivity contribution < 1.29 is 13.5 Å². The average Bonchev–Trinajstić information content (AvgIpc) is 3.07. The van der Waals surface area contributed by atoms with E-state index in [-0.39, 0.29) is 12.5 Å². The van der Waals surface area contributed by atoms with Gasteiger partial charge in [-0.25, -0.2) is 8.78 Å². The van der Waals surface area contributed by atoms with E-state index in [0.717, 1.165) is 19.3 Å². The minimum Gasteiger partial charge on any atom is -0.372 e. The number of halogens is 2. The number of nitriles is 1. The lowest BCUT2D eigenvalue weighted by Crippen LogP contribution is -2.50. The van der Waals surface area contributed by atoms with Crippen LogP contribution in [-0.4, -0.2) is 31.7 Å². The normalized spacial score (nSPS) is 19.4. The van der Waals surface area contributed by atoms with E-state index >= 15 is 0 Å². The van der Waals surface area contributed by atoms with Gasteiger partial charge in [0.15, 0.2) is 0 Å². The van der Waals surface area contributed by atoms with Crippen LogP contribution in [0.5, 0.6) is 0 Å². The number of hydrogen-bond donors (Lipinski definition) is 1. The lowest BCUT2D eigenvalue weighted by atomic mass is 9.96. The fourth-order valence-electron chi connectivity index (χ4n) is 1.71. The van der Waals surface area contributed by atoms with Crippen molar-refractivity contribution in [3.8, 4) is 6.07 Å². The minimum atomic E-state index is -2.47. The third kappa shape index (κ3) is 3.69. The quantitative estimate of drug-likeness (QED) is 0.695. The predicted molar refractivity (Wildman–Crippen MR) is 56.2 cm³/mol. The van der Waals surface area contributed by atoms with Crippen LogP contribution in [0.4, 0.5) is 8.78 Å². The van der Waals surface area contributed by atoms with Crippen molar-refractivity contribution in [3.63, 3.8) is 0 Å². The van der Waals surface area contributed by atoms with E-state index < -0.39 is 18.6 Å². The summed E-state index contributed by atoms with van der Waals surface area (Å²) in [7, 11) is 0. The maximum absolute atomic E-state index is 12.0. The van der Waals surface area contributed by atoms with Gasteiger partial charge in [0, 0.05) is 0 Å². The van der Waals surface area contributed by atoms with Gasteiger partial charge in [0.2, 0.25) is 0 Å². The van der Waals surface area contributed by atoms with E-state index in [1.54, 1.807) is 0 Å².